The Morgan fingerprint density at radius 3 is 2.66 bits per heavy atom. The van der Waals surface area contributed by atoms with Crippen LogP contribution in [0.3, 0.4) is 0 Å². The first-order valence-corrected chi connectivity index (χ1v) is 13.2. The predicted molar refractivity (Wildman–Crippen MR) is 146 cm³/mol. The van der Waals surface area contributed by atoms with Crippen LogP contribution in [-0.4, -0.2) is 24.8 Å². The van der Waals surface area contributed by atoms with Gasteiger partial charge in [-0.05, 0) is 60.2 Å². The van der Waals surface area contributed by atoms with E-state index in [0.29, 0.717) is 18.7 Å². The van der Waals surface area contributed by atoms with Crippen molar-refractivity contribution in [1.82, 2.24) is 30.2 Å². The van der Waals surface area contributed by atoms with Gasteiger partial charge in [-0.25, -0.2) is 9.37 Å². The fourth-order valence-electron chi connectivity index (χ4n) is 5.38. The number of fused-ring (bicyclic) bond motifs is 2. The average molecular weight is 507 g/mol. The molecule has 5 aromatic rings. The molecule has 0 fully saturated rings. The maximum absolute atomic E-state index is 13.8. The Kier molecular flexibility index (Phi) is 7.20. The zero-order valence-electron chi connectivity index (χ0n) is 21.3. The Morgan fingerprint density at radius 1 is 0.921 bits per heavy atom. The molecule has 6 nitrogen and oxygen atoms in total. The highest BCUT2D eigenvalue weighted by atomic mass is 19.1. The number of nitrogens with one attached hydrogen (secondary N) is 2. The van der Waals surface area contributed by atoms with Gasteiger partial charge in [0.25, 0.3) is 0 Å². The smallest absolute Gasteiger partial charge is 0.145 e. The van der Waals surface area contributed by atoms with Crippen molar-refractivity contribution < 1.29 is 4.39 Å². The molecule has 3 heterocycles. The molecule has 2 N–H and O–H groups in total. The Balaban J connectivity index is 1.19. The number of imidazole rings is 1. The number of para-hydroxylation sites is 2. The summed E-state index contributed by atoms with van der Waals surface area (Å²) in [6.45, 7) is 2.66. The highest BCUT2D eigenvalue weighted by Crippen LogP contribution is 2.34. The number of hydrogen-bond donors (Lipinski definition) is 2. The highest BCUT2D eigenvalue weighted by Gasteiger charge is 2.28. The van der Waals surface area contributed by atoms with E-state index < -0.39 is 0 Å². The monoisotopic (exact) mass is 506 g/mol. The molecule has 0 amide bonds. The van der Waals surface area contributed by atoms with E-state index in [1.165, 1.54) is 23.0 Å². The van der Waals surface area contributed by atoms with Crippen molar-refractivity contribution >= 4 is 11.0 Å². The minimum absolute atomic E-state index is 0.241. The Bertz CT molecular complexity index is 1480. The number of halogens is 1. The minimum Gasteiger partial charge on any atom is -0.341 e. The maximum Gasteiger partial charge on any atom is 0.145 e. The molecule has 7 heteroatoms. The summed E-state index contributed by atoms with van der Waals surface area (Å²) < 4.78 is 13.8. The van der Waals surface area contributed by atoms with E-state index in [-0.39, 0.29) is 11.9 Å². The molecule has 0 saturated carbocycles. The molecule has 1 atom stereocenters. The van der Waals surface area contributed by atoms with E-state index in [9.17, 15) is 4.39 Å². The highest BCUT2D eigenvalue weighted by molar-refractivity contribution is 5.74. The largest absolute Gasteiger partial charge is 0.341 e. The molecule has 38 heavy (non-hydrogen) atoms. The molecule has 1 aliphatic rings. The Hall–Kier alpha value is -3.94. The summed E-state index contributed by atoms with van der Waals surface area (Å²) in [5.74, 6) is 0.692. The first-order valence-electron chi connectivity index (χ1n) is 13.2. The average Bonchev–Trinajstić information content (AvgIpc) is 3.37. The lowest BCUT2D eigenvalue weighted by molar-refractivity contribution is 0.153. The molecule has 0 saturated heterocycles. The van der Waals surface area contributed by atoms with Crippen LogP contribution >= 0.6 is 0 Å². The quantitative estimate of drug-likeness (QED) is 0.262. The lowest BCUT2D eigenvalue weighted by Crippen LogP contribution is -2.31. The number of H-pyrrole nitrogens is 1. The molecule has 2 aromatic carbocycles. The van der Waals surface area contributed by atoms with E-state index >= 15 is 0 Å². The fraction of sp³-hybridized carbons (Fsp3) is 0.258. The van der Waals surface area contributed by atoms with Gasteiger partial charge in [0.2, 0.25) is 0 Å². The summed E-state index contributed by atoms with van der Waals surface area (Å²) >= 11 is 0. The molecule has 3 aromatic heterocycles. The summed E-state index contributed by atoms with van der Waals surface area (Å²) in [6.07, 6.45) is 8.11. The fourth-order valence-corrected chi connectivity index (χ4v) is 5.38. The zero-order chi connectivity index (χ0) is 25.7. The van der Waals surface area contributed by atoms with Crippen molar-refractivity contribution in [1.29, 1.82) is 0 Å². The molecule has 192 valence electrons. The van der Waals surface area contributed by atoms with Crippen LogP contribution in [0, 0.1) is 5.82 Å². The van der Waals surface area contributed by atoms with Crippen LogP contribution in [0.4, 0.5) is 4.39 Å². The van der Waals surface area contributed by atoms with Gasteiger partial charge in [0, 0.05) is 37.6 Å². The van der Waals surface area contributed by atoms with Crippen molar-refractivity contribution in [3.63, 3.8) is 0 Å². The molecule has 6 rings (SSSR count). The molecule has 0 radical (unpaired) electrons. The zero-order valence-corrected chi connectivity index (χ0v) is 21.3. The van der Waals surface area contributed by atoms with Crippen molar-refractivity contribution in [3.8, 4) is 0 Å². The third-order valence-corrected chi connectivity index (χ3v) is 7.31. The lowest BCUT2D eigenvalue weighted by atomic mass is 9.90. The van der Waals surface area contributed by atoms with Crippen LogP contribution in [0.25, 0.3) is 11.0 Å². The van der Waals surface area contributed by atoms with Crippen molar-refractivity contribution in [3.05, 3.63) is 125 Å². The van der Waals surface area contributed by atoms with E-state index in [0.717, 1.165) is 54.8 Å². The van der Waals surface area contributed by atoms with Crippen molar-refractivity contribution in [2.75, 3.05) is 0 Å². The van der Waals surface area contributed by atoms with E-state index in [4.69, 9.17) is 9.97 Å². The van der Waals surface area contributed by atoms with E-state index in [2.05, 4.69) is 56.6 Å². The number of nitrogens with zero attached hydrogens (tertiary/aromatic N) is 4. The molecule has 1 aliphatic carbocycles. The molecule has 0 aliphatic heterocycles. The normalized spacial score (nSPS) is 15.2. The van der Waals surface area contributed by atoms with E-state index in [1.54, 1.807) is 12.3 Å². The number of pyridine rings is 2. The summed E-state index contributed by atoms with van der Waals surface area (Å²) in [7, 11) is 0. The number of aryl methyl sites for hydroxylation is 1. The van der Waals surface area contributed by atoms with Crippen LogP contribution < -0.4 is 5.32 Å². The lowest BCUT2D eigenvalue weighted by Gasteiger charge is -2.34. The predicted octanol–water partition coefficient (Wildman–Crippen LogP) is 5.86. The van der Waals surface area contributed by atoms with Gasteiger partial charge in [0.15, 0.2) is 0 Å². The van der Waals surface area contributed by atoms with Crippen molar-refractivity contribution in [2.24, 2.45) is 0 Å². The second-order valence-electron chi connectivity index (χ2n) is 9.95. The van der Waals surface area contributed by atoms with Gasteiger partial charge in [-0.1, -0.05) is 42.5 Å². The Labute approximate surface area is 222 Å². The Morgan fingerprint density at radius 2 is 1.79 bits per heavy atom. The first-order chi connectivity index (χ1) is 18.7. The second kappa shape index (κ2) is 11.2. The van der Waals surface area contributed by atoms with Crippen molar-refractivity contribution in [2.45, 2.75) is 51.5 Å². The van der Waals surface area contributed by atoms with Gasteiger partial charge in [-0.3, -0.25) is 14.9 Å². The number of benzene rings is 2. The topological polar surface area (TPSA) is 69.7 Å². The number of hydrogen-bond acceptors (Lipinski definition) is 5. The van der Waals surface area contributed by atoms with Crippen LogP contribution in [0.15, 0.2) is 85.3 Å². The van der Waals surface area contributed by atoms with Gasteiger partial charge in [0.05, 0.1) is 35.5 Å². The SMILES string of the molecule is Fc1cnccc1CNCc1ccc(CN(Cc2nc3ccccc3[nH]2)C2CCCc3cccnc32)cc1. The van der Waals surface area contributed by atoms with Gasteiger partial charge < -0.3 is 10.3 Å². The second-order valence-corrected chi connectivity index (χ2v) is 9.95. The third kappa shape index (κ3) is 5.49. The molecule has 0 spiro atoms. The van der Waals surface area contributed by atoms with Gasteiger partial charge in [-0.2, -0.15) is 0 Å². The minimum atomic E-state index is -0.279. The number of aromatic amines is 1. The van der Waals surface area contributed by atoms with Crippen LogP contribution in [0.1, 0.15) is 52.7 Å². The number of rotatable bonds is 9. The van der Waals surface area contributed by atoms with E-state index in [1.807, 2.05) is 30.5 Å². The molecular weight excluding hydrogens is 475 g/mol. The van der Waals surface area contributed by atoms with Crippen LogP contribution in [0.2, 0.25) is 0 Å². The van der Waals surface area contributed by atoms with Crippen LogP contribution in [-0.2, 0) is 32.6 Å². The summed E-state index contributed by atoms with van der Waals surface area (Å²) in [5, 5.41) is 3.33. The summed E-state index contributed by atoms with van der Waals surface area (Å²) in [5.41, 5.74) is 7.63. The summed E-state index contributed by atoms with van der Waals surface area (Å²) in [4.78, 5) is 19.5. The van der Waals surface area contributed by atoms with Gasteiger partial charge >= 0.3 is 0 Å². The van der Waals surface area contributed by atoms with Gasteiger partial charge in [0.1, 0.15) is 11.6 Å². The molecule has 1 unspecified atom stereocenters. The summed E-state index contributed by atoms with van der Waals surface area (Å²) in [6, 6.07) is 23.1. The maximum atomic E-state index is 13.8. The first kappa shape index (κ1) is 24.4. The molecular formula is C31H31FN6. The molecule has 0 bridgehead atoms. The standard InChI is InChI=1S/C31H31FN6/c32-26-19-33-16-14-25(26)18-34-17-22-10-12-23(13-11-22)20-38(21-30-36-27-7-1-2-8-28(27)37-30)29-9-3-5-24-6-4-15-35-31(24)29/h1-2,4,6-8,10-16,19,29,34H,3,5,9,17-18,20-21H2,(H,36,37). The third-order valence-electron chi connectivity index (χ3n) is 7.31. The number of aromatic nitrogens is 4. The van der Waals surface area contributed by atoms with Gasteiger partial charge in [-0.15, -0.1) is 0 Å². The van der Waals surface area contributed by atoms with Crippen LogP contribution in [0.5, 0.6) is 0 Å².